The number of rotatable bonds is 6. The third-order valence-electron chi connectivity index (χ3n) is 3.03. The van der Waals surface area contributed by atoms with Gasteiger partial charge in [-0.3, -0.25) is 0 Å². The number of hydrogen-bond acceptors (Lipinski definition) is 1. The first-order valence-electron chi connectivity index (χ1n) is 6.56. The molecule has 0 bridgehead atoms. The van der Waals surface area contributed by atoms with E-state index in [1.807, 2.05) is 12.1 Å². The summed E-state index contributed by atoms with van der Waals surface area (Å²) in [6.45, 7) is 0.779. The maximum absolute atomic E-state index is 12.7. The number of allylic oxidation sites excluding steroid dienone is 3. The Labute approximate surface area is 108 Å². The molecule has 1 aromatic rings. The smallest absolute Gasteiger partial charge is 0.123 e. The van der Waals surface area contributed by atoms with Gasteiger partial charge in [0.25, 0.3) is 0 Å². The molecule has 2 heteroatoms. The van der Waals surface area contributed by atoms with Gasteiger partial charge >= 0.3 is 0 Å². The maximum Gasteiger partial charge on any atom is 0.123 e. The highest BCUT2D eigenvalue weighted by Crippen LogP contribution is 2.13. The van der Waals surface area contributed by atoms with Crippen LogP contribution in [0.5, 0.6) is 0 Å². The van der Waals surface area contributed by atoms with Crippen molar-refractivity contribution >= 4 is 0 Å². The van der Waals surface area contributed by atoms with Gasteiger partial charge in [-0.15, -0.1) is 0 Å². The first-order valence-corrected chi connectivity index (χ1v) is 6.56. The number of unbranched alkanes of at least 4 members (excludes halogenated alkanes) is 1. The lowest BCUT2D eigenvalue weighted by atomic mass is 10.1. The van der Waals surface area contributed by atoms with E-state index in [9.17, 15) is 4.39 Å². The van der Waals surface area contributed by atoms with Gasteiger partial charge in [0, 0.05) is 6.42 Å². The minimum absolute atomic E-state index is 0.167. The first kappa shape index (κ1) is 12.9. The lowest BCUT2D eigenvalue weighted by Crippen LogP contribution is -1.97. The number of benzene rings is 1. The summed E-state index contributed by atoms with van der Waals surface area (Å²) in [6, 6.07) is 6.74. The summed E-state index contributed by atoms with van der Waals surface area (Å²) in [7, 11) is 0. The second-order valence-electron chi connectivity index (χ2n) is 4.51. The van der Waals surface area contributed by atoms with E-state index in [0.29, 0.717) is 0 Å². The lowest BCUT2D eigenvalue weighted by Gasteiger charge is -2.11. The molecule has 1 nitrogen and oxygen atoms in total. The lowest BCUT2D eigenvalue weighted by molar-refractivity contribution is 0.200. The zero-order valence-electron chi connectivity index (χ0n) is 10.6. The molecule has 1 aliphatic rings. The van der Waals surface area contributed by atoms with Gasteiger partial charge in [0.1, 0.15) is 5.82 Å². The van der Waals surface area contributed by atoms with Gasteiger partial charge in [0.15, 0.2) is 0 Å². The zero-order chi connectivity index (χ0) is 12.6. The third kappa shape index (κ3) is 4.36. The minimum atomic E-state index is -0.167. The largest absolute Gasteiger partial charge is 0.498 e. The molecule has 0 saturated heterocycles. The first-order chi connectivity index (χ1) is 8.84. The highest BCUT2D eigenvalue weighted by Gasteiger charge is 1.99. The van der Waals surface area contributed by atoms with Gasteiger partial charge in [0.2, 0.25) is 0 Å². The van der Waals surface area contributed by atoms with E-state index >= 15 is 0 Å². The average molecular weight is 246 g/mol. The van der Waals surface area contributed by atoms with E-state index in [1.165, 1.54) is 17.7 Å². The molecule has 0 N–H and O–H groups in total. The van der Waals surface area contributed by atoms with Gasteiger partial charge in [-0.05, 0) is 49.5 Å². The van der Waals surface area contributed by atoms with Gasteiger partial charge < -0.3 is 4.74 Å². The fourth-order valence-corrected chi connectivity index (χ4v) is 1.98. The van der Waals surface area contributed by atoms with Gasteiger partial charge in [-0.25, -0.2) is 4.39 Å². The summed E-state index contributed by atoms with van der Waals surface area (Å²) in [6.07, 6.45) is 11.5. The fourth-order valence-electron chi connectivity index (χ4n) is 1.98. The van der Waals surface area contributed by atoms with Gasteiger partial charge in [0.05, 0.1) is 12.4 Å². The van der Waals surface area contributed by atoms with Crippen molar-refractivity contribution in [1.82, 2.24) is 0 Å². The topological polar surface area (TPSA) is 9.23 Å². The third-order valence-corrected chi connectivity index (χ3v) is 3.03. The van der Waals surface area contributed by atoms with Crippen molar-refractivity contribution in [3.8, 4) is 0 Å². The van der Waals surface area contributed by atoms with E-state index < -0.39 is 0 Å². The van der Waals surface area contributed by atoms with E-state index in [4.69, 9.17) is 4.74 Å². The molecule has 0 unspecified atom stereocenters. The Bertz CT molecular complexity index is 417. The summed E-state index contributed by atoms with van der Waals surface area (Å²) in [5.74, 6) is 0.929. The Morgan fingerprint density at radius 3 is 2.61 bits per heavy atom. The van der Waals surface area contributed by atoms with E-state index in [0.717, 1.165) is 44.5 Å². The molecule has 18 heavy (non-hydrogen) atoms. The predicted octanol–water partition coefficient (Wildman–Crippen LogP) is 4.40. The molecule has 2 rings (SSSR count). The van der Waals surface area contributed by atoms with Crippen molar-refractivity contribution in [2.75, 3.05) is 6.61 Å². The number of aryl methyl sites for hydroxylation is 1. The van der Waals surface area contributed by atoms with Crippen LogP contribution < -0.4 is 0 Å². The van der Waals surface area contributed by atoms with Crippen molar-refractivity contribution in [1.29, 1.82) is 0 Å². The van der Waals surface area contributed by atoms with Crippen LogP contribution in [-0.4, -0.2) is 6.61 Å². The second kappa shape index (κ2) is 7.00. The van der Waals surface area contributed by atoms with Crippen molar-refractivity contribution in [3.63, 3.8) is 0 Å². The van der Waals surface area contributed by atoms with Crippen molar-refractivity contribution in [2.24, 2.45) is 0 Å². The van der Waals surface area contributed by atoms with Crippen LogP contribution in [0.4, 0.5) is 4.39 Å². The number of halogens is 1. The summed E-state index contributed by atoms with van der Waals surface area (Å²) in [5, 5.41) is 0. The summed E-state index contributed by atoms with van der Waals surface area (Å²) >= 11 is 0. The molecule has 0 amide bonds. The summed E-state index contributed by atoms with van der Waals surface area (Å²) in [4.78, 5) is 0. The van der Waals surface area contributed by atoms with Crippen molar-refractivity contribution < 1.29 is 9.13 Å². The highest BCUT2D eigenvalue weighted by atomic mass is 19.1. The summed E-state index contributed by atoms with van der Waals surface area (Å²) < 4.78 is 18.4. The van der Waals surface area contributed by atoms with Crippen LogP contribution in [-0.2, 0) is 11.2 Å². The minimum Gasteiger partial charge on any atom is -0.498 e. The van der Waals surface area contributed by atoms with E-state index in [2.05, 4.69) is 18.2 Å². The average Bonchev–Trinajstić information content (AvgIpc) is 2.42. The Balaban J connectivity index is 1.58. The molecule has 96 valence electrons. The fraction of sp³-hybridized carbons (Fsp3) is 0.375. The molecule has 0 heterocycles. The van der Waals surface area contributed by atoms with Crippen molar-refractivity contribution in [3.05, 3.63) is 59.6 Å². The molecule has 0 saturated carbocycles. The van der Waals surface area contributed by atoms with E-state index in [1.54, 1.807) is 0 Å². The monoisotopic (exact) mass is 246 g/mol. The molecular formula is C16H19FO. The Kier molecular flexibility index (Phi) is 5.00. The van der Waals surface area contributed by atoms with Crippen molar-refractivity contribution in [2.45, 2.75) is 32.1 Å². The standard InChI is InChI=1S/C16H19FO/c17-15-11-9-14(10-12-15)6-4-5-13-18-16-7-2-1-3-8-16/h1-2,8-12H,3-7,13H2. The maximum atomic E-state index is 12.7. The van der Waals surface area contributed by atoms with Crippen LogP contribution in [0.2, 0.25) is 0 Å². The van der Waals surface area contributed by atoms with Gasteiger partial charge in [-0.1, -0.05) is 24.3 Å². The second-order valence-corrected chi connectivity index (χ2v) is 4.51. The van der Waals surface area contributed by atoms with Crippen LogP contribution in [0.3, 0.4) is 0 Å². The molecular weight excluding hydrogens is 227 g/mol. The molecule has 0 atom stereocenters. The van der Waals surface area contributed by atoms with Crippen LogP contribution in [0, 0.1) is 5.82 Å². The van der Waals surface area contributed by atoms with Crippen LogP contribution >= 0.6 is 0 Å². The van der Waals surface area contributed by atoms with E-state index in [-0.39, 0.29) is 5.82 Å². The normalized spacial score (nSPS) is 14.4. The van der Waals surface area contributed by atoms with Crippen LogP contribution in [0.1, 0.15) is 31.2 Å². The molecule has 1 aliphatic carbocycles. The zero-order valence-corrected chi connectivity index (χ0v) is 10.6. The van der Waals surface area contributed by atoms with Crippen LogP contribution in [0.15, 0.2) is 48.3 Å². The SMILES string of the molecule is Fc1ccc(CCCCOC2=CCC=CC2)cc1. The Morgan fingerprint density at radius 2 is 1.89 bits per heavy atom. The Morgan fingerprint density at radius 1 is 1.06 bits per heavy atom. The highest BCUT2D eigenvalue weighted by molar-refractivity contribution is 5.16. The quantitative estimate of drug-likeness (QED) is 0.534. The predicted molar refractivity (Wildman–Crippen MR) is 71.7 cm³/mol. The molecule has 0 fully saturated rings. The molecule has 0 aliphatic heterocycles. The summed E-state index contributed by atoms with van der Waals surface area (Å²) in [5.41, 5.74) is 1.19. The molecule has 0 aromatic heterocycles. The number of ether oxygens (including phenoxy) is 1. The van der Waals surface area contributed by atoms with Crippen LogP contribution in [0.25, 0.3) is 0 Å². The molecule has 0 radical (unpaired) electrons. The molecule has 0 spiro atoms. The van der Waals surface area contributed by atoms with Gasteiger partial charge in [-0.2, -0.15) is 0 Å². The number of hydrogen-bond donors (Lipinski definition) is 0. The Hall–Kier alpha value is -1.57. The molecule has 1 aromatic carbocycles.